The van der Waals surface area contributed by atoms with E-state index in [0.29, 0.717) is 16.8 Å². The number of sulfonamides is 1. The minimum Gasteiger partial charge on any atom is -0.399 e. The van der Waals surface area contributed by atoms with Crippen LogP contribution in [0.25, 0.3) is 0 Å². The molecule has 0 fully saturated rings. The molecule has 0 aromatic heterocycles. The van der Waals surface area contributed by atoms with Gasteiger partial charge in [-0.1, -0.05) is 24.3 Å². The quantitative estimate of drug-likeness (QED) is 0.533. The van der Waals surface area contributed by atoms with Crippen LogP contribution in [0.15, 0.2) is 71.6 Å². The highest BCUT2D eigenvalue weighted by atomic mass is 32.2. The second-order valence-electron chi connectivity index (χ2n) is 6.14. The first-order valence-corrected chi connectivity index (χ1v) is 9.56. The first kappa shape index (κ1) is 17.0. The smallest absolute Gasteiger partial charge is 0.261 e. The Morgan fingerprint density at radius 3 is 1.89 bits per heavy atom. The normalized spacial score (nSPS) is 13.0. The highest BCUT2D eigenvalue weighted by Crippen LogP contribution is 2.29. The van der Waals surface area contributed by atoms with Crippen LogP contribution in [0.4, 0.5) is 11.4 Å². The topological polar surface area (TPSA) is 106 Å². The van der Waals surface area contributed by atoms with Crippen LogP contribution in [0.1, 0.15) is 31.8 Å². The summed E-state index contributed by atoms with van der Waals surface area (Å²) in [5.41, 5.74) is 7.33. The van der Waals surface area contributed by atoms with Crippen molar-refractivity contribution in [1.29, 1.82) is 0 Å². The Kier molecular flexibility index (Phi) is 3.82. The van der Waals surface area contributed by atoms with Crippen molar-refractivity contribution in [2.45, 2.75) is 4.90 Å². The molecule has 0 amide bonds. The Morgan fingerprint density at radius 2 is 1.26 bits per heavy atom. The standard InChI is InChI=1S/C20H14N2O4S/c21-12-5-8-14(9-6-12)27(25,26)22-13-7-10-17-18(11-13)20(24)16-4-2-1-3-15(16)19(17)23/h1-11,22H,21H2. The number of carbonyl (C=O) groups excluding carboxylic acids is 2. The zero-order valence-corrected chi connectivity index (χ0v) is 14.8. The highest BCUT2D eigenvalue weighted by Gasteiger charge is 2.29. The lowest BCUT2D eigenvalue weighted by atomic mass is 9.84. The number of carbonyl (C=O) groups is 2. The summed E-state index contributed by atoms with van der Waals surface area (Å²) >= 11 is 0. The zero-order valence-electron chi connectivity index (χ0n) is 14.0. The maximum Gasteiger partial charge on any atom is 0.261 e. The second kappa shape index (κ2) is 6.07. The first-order chi connectivity index (χ1) is 12.9. The molecule has 0 aliphatic heterocycles. The molecular weight excluding hydrogens is 364 g/mol. The van der Waals surface area contributed by atoms with Crippen molar-refractivity contribution in [3.63, 3.8) is 0 Å². The predicted octanol–water partition coefficient (Wildman–Crippen LogP) is 2.85. The van der Waals surface area contributed by atoms with Gasteiger partial charge in [0.25, 0.3) is 10.0 Å². The molecule has 3 aromatic rings. The minimum absolute atomic E-state index is 0.0437. The molecule has 0 saturated carbocycles. The van der Waals surface area contributed by atoms with Crippen LogP contribution in [0.5, 0.6) is 0 Å². The summed E-state index contributed by atoms with van der Waals surface area (Å²) in [6, 6.07) is 16.6. The van der Waals surface area contributed by atoms with Crippen molar-refractivity contribution in [2.75, 3.05) is 10.5 Å². The summed E-state index contributed by atoms with van der Waals surface area (Å²) in [5, 5.41) is 0. The van der Waals surface area contributed by atoms with E-state index in [2.05, 4.69) is 4.72 Å². The van der Waals surface area contributed by atoms with Gasteiger partial charge in [0.15, 0.2) is 11.6 Å². The Balaban J connectivity index is 1.72. The monoisotopic (exact) mass is 378 g/mol. The lowest BCUT2D eigenvalue weighted by Crippen LogP contribution is -2.21. The van der Waals surface area contributed by atoms with Crippen molar-refractivity contribution in [2.24, 2.45) is 0 Å². The van der Waals surface area contributed by atoms with E-state index < -0.39 is 10.0 Å². The van der Waals surface area contributed by atoms with Crippen molar-refractivity contribution >= 4 is 33.0 Å². The van der Waals surface area contributed by atoms with Crippen LogP contribution in [-0.4, -0.2) is 20.0 Å². The average molecular weight is 378 g/mol. The number of nitrogen functional groups attached to an aromatic ring is 1. The Hall–Kier alpha value is -3.45. The molecule has 0 spiro atoms. The van der Waals surface area contributed by atoms with E-state index in [0.717, 1.165) is 0 Å². The van der Waals surface area contributed by atoms with Gasteiger partial charge in [0.05, 0.1) is 4.90 Å². The minimum atomic E-state index is -3.85. The van der Waals surface area contributed by atoms with Gasteiger partial charge in [0.1, 0.15) is 0 Å². The molecule has 0 unspecified atom stereocenters. The van der Waals surface area contributed by atoms with Crippen LogP contribution in [0.2, 0.25) is 0 Å². The molecule has 4 rings (SSSR count). The molecule has 1 aliphatic carbocycles. The van der Waals surface area contributed by atoms with Gasteiger partial charge in [0, 0.05) is 33.6 Å². The zero-order chi connectivity index (χ0) is 19.2. The van der Waals surface area contributed by atoms with Gasteiger partial charge in [-0.25, -0.2) is 8.42 Å². The van der Waals surface area contributed by atoms with Crippen molar-refractivity contribution in [1.82, 2.24) is 0 Å². The SMILES string of the molecule is Nc1ccc(S(=O)(=O)Nc2ccc3c(c2)C(=O)c2ccccc2C3=O)cc1. The van der Waals surface area contributed by atoms with Crippen molar-refractivity contribution < 1.29 is 18.0 Å². The molecule has 0 heterocycles. The number of rotatable bonds is 3. The Labute approximate surface area is 155 Å². The number of fused-ring (bicyclic) bond motifs is 2. The molecular formula is C20H14N2O4S. The number of hydrogen-bond acceptors (Lipinski definition) is 5. The maximum absolute atomic E-state index is 12.7. The van der Waals surface area contributed by atoms with Gasteiger partial charge < -0.3 is 5.73 Å². The van der Waals surface area contributed by atoms with Crippen LogP contribution < -0.4 is 10.5 Å². The largest absolute Gasteiger partial charge is 0.399 e. The Bertz CT molecular complexity index is 1200. The van der Waals surface area contributed by atoms with Gasteiger partial charge in [-0.15, -0.1) is 0 Å². The van der Waals surface area contributed by atoms with Gasteiger partial charge in [-0.3, -0.25) is 14.3 Å². The van der Waals surface area contributed by atoms with E-state index in [4.69, 9.17) is 5.73 Å². The number of nitrogens with one attached hydrogen (secondary N) is 1. The summed E-state index contributed by atoms with van der Waals surface area (Å²) in [4.78, 5) is 25.4. The van der Waals surface area contributed by atoms with E-state index in [1.165, 1.54) is 42.5 Å². The molecule has 0 bridgehead atoms. The molecule has 27 heavy (non-hydrogen) atoms. The molecule has 6 nitrogen and oxygen atoms in total. The number of benzene rings is 3. The van der Waals surface area contributed by atoms with Crippen LogP contribution in [-0.2, 0) is 10.0 Å². The van der Waals surface area contributed by atoms with Gasteiger partial charge >= 0.3 is 0 Å². The van der Waals surface area contributed by atoms with Gasteiger partial charge in [-0.05, 0) is 42.5 Å². The van der Waals surface area contributed by atoms with Crippen molar-refractivity contribution in [3.8, 4) is 0 Å². The average Bonchev–Trinajstić information content (AvgIpc) is 2.66. The van der Waals surface area contributed by atoms with E-state index in [1.807, 2.05) is 0 Å². The van der Waals surface area contributed by atoms with Crippen molar-refractivity contribution in [3.05, 3.63) is 89.0 Å². The molecule has 0 atom stereocenters. The molecule has 3 N–H and O–H groups in total. The molecule has 0 saturated heterocycles. The number of hydrogen-bond donors (Lipinski definition) is 2. The fourth-order valence-corrected chi connectivity index (χ4v) is 4.07. The Morgan fingerprint density at radius 1 is 0.704 bits per heavy atom. The number of nitrogens with two attached hydrogens (primary N) is 1. The van der Waals surface area contributed by atoms with Gasteiger partial charge in [0.2, 0.25) is 0 Å². The summed E-state index contributed by atoms with van der Waals surface area (Å²) in [7, 11) is -3.85. The fraction of sp³-hybridized carbons (Fsp3) is 0. The second-order valence-corrected chi connectivity index (χ2v) is 7.82. The highest BCUT2D eigenvalue weighted by molar-refractivity contribution is 7.92. The summed E-state index contributed by atoms with van der Waals surface area (Å²) in [6.07, 6.45) is 0. The fourth-order valence-electron chi connectivity index (χ4n) is 3.02. The third kappa shape index (κ3) is 2.88. The lowest BCUT2D eigenvalue weighted by molar-refractivity contribution is 0.0979. The van der Waals surface area contributed by atoms with Crippen LogP contribution in [0, 0.1) is 0 Å². The number of ketones is 2. The van der Waals surface area contributed by atoms with Crippen LogP contribution in [0.3, 0.4) is 0 Å². The maximum atomic E-state index is 12.7. The van der Waals surface area contributed by atoms with Crippen LogP contribution >= 0.6 is 0 Å². The molecule has 134 valence electrons. The van der Waals surface area contributed by atoms with E-state index in [-0.39, 0.29) is 33.3 Å². The number of anilines is 2. The summed E-state index contributed by atoms with van der Waals surface area (Å²) in [6.45, 7) is 0. The molecule has 0 radical (unpaired) electrons. The van der Waals surface area contributed by atoms with E-state index in [1.54, 1.807) is 24.3 Å². The third-order valence-corrected chi connectivity index (χ3v) is 5.76. The third-order valence-electron chi connectivity index (χ3n) is 4.37. The first-order valence-electron chi connectivity index (χ1n) is 8.08. The molecule has 7 heteroatoms. The van der Waals surface area contributed by atoms with E-state index in [9.17, 15) is 18.0 Å². The van der Waals surface area contributed by atoms with Gasteiger partial charge in [-0.2, -0.15) is 0 Å². The summed E-state index contributed by atoms with van der Waals surface area (Å²) in [5.74, 6) is -0.568. The summed E-state index contributed by atoms with van der Waals surface area (Å²) < 4.78 is 27.5. The van der Waals surface area contributed by atoms with E-state index >= 15 is 0 Å². The lowest BCUT2D eigenvalue weighted by Gasteiger charge is -2.18. The molecule has 3 aromatic carbocycles. The predicted molar refractivity (Wildman–Crippen MR) is 101 cm³/mol. The molecule has 1 aliphatic rings.